The Bertz CT molecular complexity index is 982. The van der Waals surface area contributed by atoms with Gasteiger partial charge in [-0.1, -0.05) is 29.8 Å². The summed E-state index contributed by atoms with van der Waals surface area (Å²) in [4.78, 5) is 12.2. The molecule has 0 saturated heterocycles. The van der Waals surface area contributed by atoms with Crippen LogP contribution in [0.3, 0.4) is 0 Å². The largest absolute Gasteiger partial charge is 0.478 e. The highest BCUT2D eigenvalue weighted by Gasteiger charge is 2.53. The Morgan fingerprint density at radius 2 is 1.59 bits per heavy atom. The number of hydrogen-bond donors (Lipinski definition) is 2. The fourth-order valence-electron chi connectivity index (χ4n) is 7.74. The fourth-order valence-corrected chi connectivity index (χ4v) is 7.74. The van der Waals surface area contributed by atoms with Gasteiger partial charge >= 0.3 is 5.97 Å². The van der Waals surface area contributed by atoms with E-state index in [0.29, 0.717) is 30.1 Å². The van der Waals surface area contributed by atoms with Crippen molar-refractivity contribution in [2.24, 2.45) is 23.2 Å². The number of nitrogens with one attached hydrogen (secondary N) is 1. The zero-order valence-corrected chi connectivity index (χ0v) is 20.1. The number of nitrogens with zero attached hydrogens (tertiary/aromatic N) is 1. The number of benzene rings is 1. The second-order valence-corrected chi connectivity index (χ2v) is 11.3. The van der Waals surface area contributed by atoms with Gasteiger partial charge in [0.05, 0.1) is 5.56 Å². The summed E-state index contributed by atoms with van der Waals surface area (Å²) in [5, 5.41) is 13.9. The topological polar surface area (TPSA) is 54.3 Å². The van der Waals surface area contributed by atoms with Gasteiger partial charge in [-0.3, -0.25) is 0 Å². The third-order valence-corrected chi connectivity index (χ3v) is 9.17. The molecular formula is C28H38N2O2. The predicted octanol–water partition coefficient (Wildman–Crippen LogP) is 5.85. The first-order valence-corrected chi connectivity index (χ1v) is 12.5. The van der Waals surface area contributed by atoms with E-state index < -0.39 is 5.97 Å². The molecule has 0 radical (unpaired) electrons. The molecule has 1 aromatic carbocycles. The van der Waals surface area contributed by atoms with Crippen LogP contribution in [0.2, 0.25) is 0 Å². The van der Waals surface area contributed by atoms with E-state index in [4.69, 9.17) is 0 Å². The first kappa shape index (κ1) is 21.8. The first-order valence-electron chi connectivity index (χ1n) is 12.5. The Morgan fingerprint density at radius 1 is 1.03 bits per heavy atom. The van der Waals surface area contributed by atoms with E-state index in [9.17, 15) is 9.90 Å². The van der Waals surface area contributed by atoms with E-state index in [-0.39, 0.29) is 0 Å². The average Bonchev–Trinajstić information content (AvgIpc) is 2.96. The maximum absolute atomic E-state index is 12.2. The third-order valence-electron chi connectivity index (χ3n) is 9.17. The van der Waals surface area contributed by atoms with Crippen LogP contribution in [0.1, 0.15) is 83.9 Å². The lowest BCUT2D eigenvalue weighted by Gasteiger charge is -2.59. The van der Waals surface area contributed by atoms with Crippen molar-refractivity contribution < 1.29 is 9.90 Å². The molecule has 0 aliphatic heterocycles. The van der Waals surface area contributed by atoms with E-state index in [2.05, 4.69) is 54.9 Å². The van der Waals surface area contributed by atoms with Gasteiger partial charge in [0.25, 0.3) is 0 Å². The highest BCUT2D eigenvalue weighted by molar-refractivity contribution is 5.91. The van der Waals surface area contributed by atoms with Gasteiger partial charge in [-0.15, -0.1) is 0 Å². The molecule has 1 unspecified atom stereocenters. The highest BCUT2D eigenvalue weighted by atomic mass is 16.4. The fraction of sp³-hybridized carbons (Fsp3) is 0.607. The van der Waals surface area contributed by atoms with Crippen molar-refractivity contribution in [2.45, 2.75) is 85.4 Å². The van der Waals surface area contributed by atoms with Gasteiger partial charge in [0.15, 0.2) is 0 Å². The molecule has 0 amide bonds. The molecule has 4 saturated carbocycles. The number of carbonyl (C=O) groups is 1. The summed E-state index contributed by atoms with van der Waals surface area (Å²) in [5.74, 6) is 1.98. The van der Waals surface area contributed by atoms with Gasteiger partial charge in [-0.05, 0) is 95.0 Å². The van der Waals surface area contributed by atoms with Crippen LogP contribution in [0.4, 0.5) is 0 Å². The van der Waals surface area contributed by atoms with Crippen molar-refractivity contribution in [2.75, 3.05) is 0 Å². The lowest BCUT2D eigenvalue weighted by molar-refractivity contribution is -0.0706. The third kappa shape index (κ3) is 3.71. The summed E-state index contributed by atoms with van der Waals surface area (Å²) in [7, 11) is 0. The Labute approximate surface area is 192 Å². The van der Waals surface area contributed by atoms with Gasteiger partial charge in [0.1, 0.15) is 0 Å². The van der Waals surface area contributed by atoms with Crippen molar-refractivity contribution >= 4 is 5.97 Å². The monoisotopic (exact) mass is 434 g/mol. The number of hydrogen-bond acceptors (Lipinski definition) is 2. The van der Waals surface area contributed by atoms with E-state index in [1.807, 2.05) is 6.92 Å². The smallest absolute Gasteiger partial charge is 0.337 e. The first-order chi connectivity index (χ1) is 15.3. The van der Waals surface area contributed by atoms with Gasteiger partial charge in [0, 0.05) is 36.1 Å². The molecule has 4 fully saturated rings. The molecular weight excluding hydrogens is 396 g/mol. The van der Waals surface area contributed by atoms with Crippen LogP contribution < -0.4 is 5.32 Å². The predicted molar refractivity (Wildman–Crippen MR) is 128 cm³/mol. The van der Waals surface area contributed by atoms with Crippen LogP contribution >= 0.6 is 0 Å². The van der Waals surface area contributed by atoms with Crippen LogP contribution in [-0.2, 0) is 13.1 Å². The molecule has 32 heavy (non-hydrogen) atoms. The molecule has 4 nitrogen and oxygen atoms in total. The number of aromatic carboxylic acids is 1. The molecule has 4 bridgehead atoms. The molecule has 0 spiro atoms. The maximum atomic E-state index is 12.2. The number of aryl methyl sites for hydroxylation is 1. The minimum absolute atomic E-state index is 0.422. The van der Waals surface area contributed by atoms with Crippen LogP contribution in [0.5, 0.6) is 0 Å². The summed E-state index contributed by atoms with van der Waals surface area (Å²) in [6, 6.07) is 8.95. The Balaban J connectivity index is 1.37. The van der Waals surface area contributed by atoms with Crippen LogP contribution in [0.15, 0.2) is 24.3 Å². The Morgan fingerprint density at radius 3 is 2.12 bits per heavy atom. The minimum atomic E-state index is -0.812. The summed E-state index contributed by atoms with van der Waals surface area (Å²) < 4.78 is 2.18. The summed E-state index contributed by atoms with van der Waals surface area (Å²) >= 11 is 0. The maximum Gasteiger partial charge on any atom is 0.337 e. The summed E-state index contributed by atoms with van der Waals surface area (Å²) in [6.45, 7) is 9.84. The Kier molecular flexibility index (Phi) is 5.48. The quantitative estimate of drug-likeness (QED) is 0.574. The lowest BCUT2D eigenvalue weighted by atomic mass is 9.48. The molecule has 2 N–H and O–H groups in total. The van der Waals surface area contributed by atoms with Crippen LogP contribution in [0.25, 0.3) is 0 Å². The molecule has 4 heteroatoms. The highest BCUT2D eigenvalue weighted by Crippen LogP contribution is 2.61. The molecule has 4 aliphatic carbocycles. The van der Waals surface area contributed by atoms with Gasteiger partial charge < -0.3 is 15.0 Å². The summed E-state index contributed by atoms with van der Waals surface area (Å²) in [5.41, 5.74) is 6.24. The molecule has 1 atom stereocenters. The van der Waals surface area contributed by atoms with E-state index in [1.165, 1.54) is 49.7 Å². The van der Waals surface area contributed by atoms with E-state index in [1.54, 1.807) is 0 Å². The van der Waals surface area contributed by atoms with E-state index in [0.717, 1.165) is 34.7 Å². The standard InChI is InChI=1S/C28H38N2O2/c1-17-5-7-21(8-6-17)16-30-18(2)25(26(19(30)3)27(31)32)15-29-20(4)28-12-22-9-23(13-28)11-24(10-22)14-28/h5-8,20,22-24,29H,9-16H2,1-4H3,(H,31,32). The van der Waals surface area contributed by atoms with Gasteiger partial charge in [-0.2, -0.15) is 0 Å². The van der Waals surface area contributed by atoms with Crippen LogP contribution in [0, 0.1) is 43.9 Å². The van der Waals surface area contributed by atoms with Crippen molar-refractivity contribution in [3.63, 3.8) is 0 Å². The van der Waals surface area contributed by atoms with Gasteiger partial charge in [-0.25, -0.2) is 4.79 Å². The number of aromatic nitrogens is 1. The number of carboxylic acid groups (broad SMARTS) is 1. The van der Waals surface area contributed by atoms with Crippen LogP contribution in [-0.4, -0.2) is 21.7 Å². The average molecular weight is 435 g/mol. The normalized spacial score (nSPS) is 29.4. The van der Waals surface area contributed by atoms with Crippen molar-refractivity contribution in [1.82, 2.24) is 9.88 Å². The number of carboxylic acids is 1. The van der Waals surface area contributed by atoms with Crippen molar-refractivity contribution in [1.29, 1.82) is 0 Å². The molecule has 6 rings (SSSR count). The zero-order chi connectivity index (χ0) is 22.6. The molecule has 4 aliphatic rings. The number of rotatable bonds is 7. The van der Waals surface area contributed by atoms with Crippen molar-refractivity contribution in [3.05, 3.63) is 57.9 Å². The Hall–Kier alpha value is -2.07. The zero-order valence-electron chi connectivity index (χ0n) is 20.1. The minimum Gasteiger partial charge on any atom is -0.478 e. The second kappa shape index (κ2) is 8.06. The molecule has 172 valence electrons. The lowest BCUT2D eigenvalue weighted by Crippen LogP contribution is -2.54. The molecule has 2 aromatic rings. The summed E-state index contributed by atoms with van der Waals surface area (Å²) in [6.07, 6.45) is 8.46. The molecule has 1 aromatic heterocycles. The SMILES string of the molecule is Cc1ccc(Cn2c(C)c(CNC(C)C34CC5CC(CC(C5)C3)C4)c(C(=O)O)c2C)cc1. The van der Waals surface area contributed by atoms with Gasteiger partial charge in [0.2, 0.25) is 0 Å². The van der Waals surface area contributed by atoms with Crippen molar-refractivity contribution in [3.8, 4) is 0 Å². The second-order valence-electron chi connectivity index (χ2n) is 11.3. The molecule has 1 heterocycles. The van der Waals surface area contributed by atoms with E-state index >= 15 is 0 Å².